The summed E-state index contributed by atoms with van der Waals surface area (Å²) in [7, 11) is 2.95. The summed E-state index contributed by atoms with van der Waals surface area (Å²) >= 11 is 0. The van der Waals surface area contributed by atoms with E-state index in [1.165, 1.54) is 7.11 Å². The Morgan fingerprint density at radius 2 is 1.50 bits per heavy atom. The van der Waals surface area contributed by atoms with E-state index in [1.807, 2.05) is 24.3 Å². The predicted octanol–water partition coefficient (Wildman–Crippen LogP) is 2.94. The topological polar surface area (TPSA) is 54.0 Å². The number of hydrogen-bond donors (Lipinski definition) is 0. The second-order valence-corrected chi connectivity index (χ2v) is 4.36. The Bertz CT molecular complexity index is 607. The average Bonchev–Trinajstić information content (AvgIpc) is 2.59. The van der Waals surface area contributed by atoms with Crippen LogP contribution in [-0.4, -0.2) is 33.4 Å². The number of esters is 1. The Kier molecular flexibility index (Phi) is 5.65. The van der Waals surface area contributed by atoms with E-state index in [1.54, 1.807) is 31.4 Å². The molecule has 2 aromatic rings. The van der Waals surface area contributed by atoms with Crippen LogP contribution < -0.4 is 14.2 Å². The van der Waals surface area contributed by atoms with Gasteiger partial charge in [0.1, 0.15) is 19.0 Å². The maximum atomic E-state index is 11.3. The minimum atomic E-state index is -0.369. The highest BCUT2D eigenvalue weighted by Gasteiger charge is 2.05. The maximum absolute atomic E-state index is 11.3. The summed E-state index contributed by atoms with van der Waals surface area (Å²) in [6, 6.07) is 14.2. The first-order valence-electron chi connectivity index (χ1n) is 6.81. The molecule has 5 nitrogen and oxygen atoms in total. The molecule has 0 aliphatic carbocycles. The Balaban J connectivity index is 1.80. The van der Waals surface area contributed by atoms with Crippen molar-refractivity contribution in [1.82, 2.24) is 0 Å². The van der Waals surface area contributed by atoms with E-state index in [9.17, 15) is 4.79 Å². The van der Waals surface area contributed by atoms with Crippen LogP contribution in [0.3, 0.4) is 0 Å². The van der Waals surface area contributed by atoms with Crippen LogP contribution in [0.25, 0.3) is 0 Å². The van der Waals surface area contributed by atoms with Crippen molar-refractivity contribution in [1.29, 1.82) is 0 Å². The van der Waals surface area contributed by atoms with Crippen LogP contribution in [0.1, 0.15) is 10.4 Å². The van der Waals surface area contributed by atoms with E-state index in [0.29, 0.717) is 36.0 Å². The average molecular weight is 302 g/mol. The van der Waals surface area contributed by atoms with Crippen LogP contribution in [0.5, 0.6) is 17.2 Å². The van der Waals surface area contributed by atoms with Gasteiger partial charge in [-0.05, 0) is 36.4 Å². The molecule has 116 valence electrons. The Hall–Kier alpha value is -2.69. The van der Waals surface area contributed by atoms with Gasteiger partial charge in [0.2, 0.25) is 0 Å². The molecule has 2 aromatic carbocycles. The molecule has 22 heavy (non-hydrogen) atoms. The van der Waals surface area contributed by atoms with E-state index in [2.05, 4.69) is 4.74 Å². The molecule has 0 atom stereocenters. The zero-order valence-corrected chi connectivity index (χ0v) is 12.6. The molecule has 2 rings (SSSR count). The summed E-state index contributed by atoms with van der Waals surface area (Å²) in [5, 5.41) is 0. The first-order chi connectivity index (χ1) is 10.7. The lowest BCUT2D eigenvalue weighted by atomic mass is 10.2. The number of benzene rings is 2. The van der Waals surface area contributed by atoms with Crippen LogP contribution >= 0.6 is 0 Å². The van der Waals surface area contributed by atoms with Gasteiger partial charge in [0, 0.05) is 0 Å². The molecule has 0 unspecified atom stereocenters. The van der Waals surface area contributed by atoms with Crippen molar-refractivity contribution >= 4 is 5.97 Å². The van der Waals surface area contributed by atoms with Gasteiger partial charge >= 0.3 is 5.97 Å². The third kappa shape index (κ3) is 4.15. The van der Waals surface area contributed by atoms with Crippen molar-refractivity contribution in [2.45, 2.75) is 0 Å². The third-order valence-corrected chi connectivity index (χ3v) is 2.95. The van der Waals surface area contributed by atoms with E-state index in [0.717, 1.165) is 0 Å². The van der Waals surface area contributed by atoms with Crippen molar-refractivity contribution < 1.29 is 23.7 Å². The molecular formula is C17H18O5. The van der Waals surface area contributed by atoms with E-state index in [4.69, 9.17) is 14.2 Å². The van der Waals surface area contributed by atoms with Crippen LogP contribution in [0, 0.1) is 0 Å². The van der Waals surface area contributed by atoms with Gasteiger partial charge in [0.25, 0.3) is 0 Å². The van der Waals surface area contributed by atoms with E-state index in [-0.39, 0.29) is 5.97 Å². The van der Waals surface area contributed by atoms with Crippen LogP contribution in [0.4, 0.5) is 0 Å². The zero-order chi connectivity index (χ0) is 15.8. The lowest BCUT2D eigenvalue weighted by molar-refractivity contribution is 0.0600. The highest BCUT2D eigenvalue weighted by molar-refractivity contribution is 5.89. The number of para-hydroxylation sites is 2. The van der Waals surface area contributed by atoms with Gasteiger partial charge in [-0.2, -0.15) is 0 Å². The molecule has 0 aliphatic rings. The summed E-state index contributed by atoms with van der Waals surface area (Å²) in [5.41, 5.74) is 0.486. The largest absolute Gasteiger partial charge is 0.493 e. The number of ether oxygens (including phenoxy) is 4. The van der Waals surface area contributed by atoms with Gasteiger partial charge in [0.05, 0.1) is 19.8 Å². The van der Waals surface area contributed by atoms with Gasteiger partial charge in [0.15, 0.2) is 11.5 Å². The molecule has 0 fully saturated rings. The van der Waals surface area contributed by atoms with Crippen LogP contribution in [0.15, 0.2) is 48.5 Å². The van der Waals surface area contributed by atoms with Gasteiger partial charge in [-0.3, -0.25) is 0 Å². The van der Waals surface area contributed by atoms with Crippen LogP contribution in [0.2, 0.25) is 0 Å². The summed E-state index contributed by atoms with van der Waals surface area (Å²) in [6.45, 7) is 0.773. The SMILES string of the molecule is COC(=O)c1ccc(OCCOc2ccccc2OC)cc1. The molecule has 0 radical (unpaired) electrons. The lowest BCUT2D eigenvalue weighted by Gasteiger charge is -2.11. The fraction of sp³-hybridized carbons (Fsp3) is 0.235. The van der Waals surface area contributed by atoms with Gasteiger partial charge < -0.3 is 18.9 Å². The first kappa shape index (κ1) is 15.7. The molecule has 0 aromatic heterocycles. The Morgan fingerprint density at radius 1 is 0.864 bits per heavy atom. The fourth-order valence-corrected chi connectivity index (χ4v) is 1.85. The second kappa shape index (κ2) is 7.93. The quantitative estimate of drug-likeness (QED) is 0.581. The van der Waals surface area contributed by atoms with Crippen molar-refractivity contribution in [3.63, 3.8) is 0 Å². The van der Waals surface area contributed by atoms with Crippen molar-refractivity contribution in [2.75, 3.05) is 27.4 Å². The zero-order valence-electron chi connectivity index (χ0n) is 12.6. The molecule has 0 heterocycles. The summed E-state index contributed by atoms with van der Waals surface area (Å²) in [4.78, 5) is 11.3. The molecule has 0 N–H and O–H groups in total. The minimum absolute atomic E-state index is 0.369. The molecular weight excluding hydrogens is 284 g/mol. The minimum Gasteiger partial charge on any atom is -0.493 e. The summed E-state index contributed by atoms with van der Waals surface area (Å²) in [5.74, 6) is 1.65. The fourth-order valence-electron chi connectivity index (χ4n) is 1.85. The normalized spacial score (nSPS) is 9.91. The van der Waals surface area contributed by atoms with Gasteiger partial charge in [-0.15, -0.1) is 0 Å². The first-order valence-corrected chi connectivity index (χ1v) is 6.81. The van der Waals surface area contributed by atoms with E-state index >= 15 is 0 Å². The van der Waals surface area contributed by atoms with Crippen molar-refractivity contribution in [2.24, 2.45) is 0 Å². The molecule has 0 amide bonds. The Labute approximate surface area is 129 Å². The number of rotatable bonds is 7. The number of hydrogen-bond acceptors (Lipinski definition) is 5. The molecule has 5 heteroatoms. The van der Waals surface area contributed by atoms with E-state index < -0.39 is 0 Å². The monoisotopic (exact) mass is 302 g/mol. The Morgan fingerprint density at radius 3 is 2.14 bits per heavy atom. The molecule has 0 spiro atoms. The van der Waals surface area contributed by atoms with Gasteiger partial charge in [-0.1, -0.05) is 12.1 Å². The van der Waals surface area contributed by atoms with Crippen molar-refractivity contribution in [3.05, 3.63) is 54.1 Å². The molecule has 0 saturated carbocycles. The van der Waals surface area contributed by atoms with Crippen molar-refractivity contribution in [3.8, 4) is 17.2 Å². The number of carbonyl (C=O) groups is 1. The highest BCUT2D eigenvalue weighted by atomic mass is 16.5. The standard InChI is InChI=1S/C17H18O5/c1-19-15-5-3-4-6-16(15)22-12-11-21-14-9-7-13(8-10-14)17(18)20-2/h3-10H,11-12H2,1-2H3. The number of methoxy groups -OCH3 is 2. The van der Waals surface area contributed by atoms with Crippen LogP contribution in [-0.2, 0) is 4.74 Å². The summed E-state index contributed by atoms with van der Waals surface area (Å²) in [6.07, 6.45) is 0. The molecule has 0 saturated heterocycles. The second-order valence-electron chi connectivity index (χ2n) is 4.36. The van der Waals surface area contributed by atoms with Gasteiger partial charge in [-0.25, -0.2) is 4.79 Å². The number of carbonyl (C=O) groups excluding carboxylic acids is 1. The summed E-state index contributed by atoms with van der Waals surface area (Å²) < 4.78 is 21.0. The third-order valence-electron chi connectivity index (χ3n) is 2.95. The smallest absolute Gasteiger partial charge is 0.337 e. The molecule has 0 bridgehead atoms. The predicted molar refractivity (Wildman–Crippen MR) is 81.8 cm³/mol. The highest BCUT2D eigenvalue weighted by Crippen LogP contribution is 2.25. The maximum Gasteiger partial charge on any atom is 0.337 e. The lowest BCUT2D eigenvalue weighted by Crippen LogP contribution is -2.09. The molecule has 0 aliphatic heterocycles.